The number of halogens is 1. The fourth-order valence-corrected chi connectivity index (χ4v) is 2.47. The summed E-state index contributed by atoms with van der Waals surface area (Å²) in [6.45, 7) is 3.63. The van der Waals surface area contributed by atoms with E-state index in [1.165, 1.54) is 0 Å². The van der Waals surface area contributed by atoms with Crippen molar-refractivity contribution in [2.24, 2.45) is 0 Å². The van der Waals surface area contributed by atoms with Crippen LogP contribution in [0.1, 0.15) is 24.1 Å². The van der Waals surface area contributed by atoms with Crippen molar-refractivity contribution in [2.75, 3.05) is 32.6 Å². The van der Waals surface area contributed by atoms with Crippen molar-refractivity contribution in [1.82, 2.24) is 4.90 Å². The number of aliphatic hydroxyl groups is 1. The first-order valence-electron chi connectivity index (χ1n) is 8.03. The van der Waals surface area contributed by atoms with Crippen molar-refractivity contribution in [3.63, 3.8) is 0 Å². The first-order valence-corrected chi connectivity index (χ1v) is 8.40. The zero-order valence-corrected chi connectivity index (χ0v) is 15.2. The Morgan fingerprint density at radius 3 is 2.50 bits per heavy atom. The fraction of sp³-hybridized carbons (Fsp3) is 0.368. The van der Waals surface area contributed by atoms with E-state index in [0.29, 0.717) is 11.6 Å². The van der Waals surface area contributed by atoms with E-state index in [0.717, 1.165) is 29.1 Å². The molecule has 5 heteroatoms. The average Bonchev–Trinajstić information content (AvgIpc) is 2.57. The summed E-state index contributed by atoms with van der Waals surface area (Å²) in [5.41, 5.74) is 2.79. The third-order valence-corrected chi connectivity index (χ3v) is 4.10. The van der Waals surface area contributed by atoms with Crippen LogP contribution in [0.15, 0.2) is 42.5 Å². The van der Waals surface area contributed by atoms with Gasteiger partial charge in [-0.2, -0.15) is 0 Å². The van der Waals surface area contributed by atoms with Crippen LogP contribution in [0.2, 0.25) is 5.02 Å². The summed E-state index contributed by atoms with van der Waals surface area (Å²) in [4.78, 5) is 2.09. The minimum Gasteiger partial charge on any atom is -0.492 e. The number of rotatable bonds is 8. The molecule has 0 fully saturated rings. The average molecular weight is 349 g/mol. The van der Waals surface area contributed by atoms with Crippen molar-refractivity contribution in [1.29, 1.82) is 0 Å². The SMILES string of the molecule is CC(Nc1cc(CO)ccc1Cl)c1ccc(OCCN(C)C)cc1. The fourth-order valence-electron chi connectivity index (χ4n) is 2.30. The van der Waals surface area contributed by atoms with Crippen LogP contribution in [0, 0.1) is 0 Å². The molecular weight excluding hydrogens is 324 g/mol. The van der Waals surface area contributed by atoms with Crippen LogP contribution in [-0.4, -0.2) is 37.3 Å². The van der Waals surface area contributed by atoms with E-state index in [9.17, 15) is 5.11 Å². The summed E-state index contributed by atoms with van der Waals surface area (Å²) < 4.78 is 5.71. The summed E-state index contributed by atoms with van der Waals surface area (Å²) in [7, 11) is 4.05. The summed E-state index contributed by atoms with van der Waals surface area (Å²) in [5.74, 6) is 0.869. The van der Waals surface area contributed by atoms with E-state index >= 15 is 0 Å². The molecule has 0 aliphatic heterocycles. The Hall–Kier alpha value is -1.75. The van der Waals surface area contributed by atoms with Gasteiger partial charge in [0.15, 0.2) is 0 Å². The van der Waals surface area contributed by atoms with Crippen molar-refractivity contribution < 1.29 is 9.84 Å². The summed E-state index contributed by atoms with van der Waals surface area (Å²) in [6, 6.07) is 13.6. The number of ether oxygens (including phenoxy) is 1. The van der Waals surface area contributed by atoms with Gasteiger partial charge >= 0.3 is 0 Å². The van der Waals surface area contributed by atoms with Crippen molar-refractivity contribution in [3.8, 4) is 5.75 Å². The number of hydrogen-bond acceptors (Lipinski definition) is 4. The maximum absolute atomic E-state index is 9.25. The number of anilines is 1. The monoisotopic (exact) mass is 348 g/mol. The second-order valence-corrected chi connectivity index (χ2v) is 6.47. The lowest BCUT2D eigenvalue weighted by Crippen LogP contribution is -2.19. The quantitative estimate of drug-likeness (QED) is 0.758. The van der Waals surface area contributed by atoms with Gasteiger partial charge in [0.1, 0.15) is 12.4 Å². The van der Waals surface area contributed by atoms with Gasteiger partial charge in [-0.3, -0.25) is 0 Å². The van der Waals surface area contributed by atoms with Gasteiger partial charge < -0.3 is 20.1 Å². The van der Waals surface area contributed by atoms with Crippen molar-refractivity contribution in [3.05, 3.63) is 58.6 Å². The van der Waals surface area contributed by atoms with Gasteiger partial charge in [-0.1, -0.05) is 29.8 Å². The van der Waals surface area contributed by atoms with Gasteiger partial charge in [-0.05, 0) is 56.4 Å². The lowest BCUT2D eigenvalue weighted by atomic mass is 10.1. The largest absolute Gasteiger partial charge is 0.492 e. The lowest BCUT2D eigenvalue weighted by Gasteiger charge is -2.18. The van der Waals surface area contributed by atoms with Crippen LogP contribution in [0.3, 0.4) is 0 Å². The highest BCUT2D eigenvalue weighted by atomic mass is 35.5. The summed E-state index contributed by atoms with van der Waals surface area (Å²) in [6.07, 6.45) is 0. The summed E-state index contributed by atoms with van der Waals surface area (Å²) >= 11 is 6.22. The molecule has 130 valence electrons. The molecule has 4 nitrogen and oxygen atoms in total. The molecule has 1 unspecified atom stereocenters. The van der Waals surface area contributed by atoms with E-state index in [4.69, 9.17) is 16.3 Å². The zero-order valence-electron chi connectivity index (χ0n) is 14.4. The maximum Gasteiger partial charge on any atom is 0.119 e. The minimum absolute atomic E-state index is 0.000780. The Morgan fingerprint density at radius 2 is 1.88 bits per heavy atom. The predicted molar refractivity (Wildman–Crippen MR) is 99.9 cm³/mol. The zero-order chi connectivity index (χ0) is 17.5. The van der Waals surface area contributed by atoms with Crippen molar-refractivity contribution in [2.45, 2.75) is 19.6 Å². The number of hydrogen-bond donors (Lipinski definition) is 2. The molecule has 24 heavy (non-hydrogen) atoms. The van der Waals surface area contributed by atoms with Gasteiger partial charge in [-0.25, -0.2) is 0 Å². The molecule has 0 aliphatic rings. The normalized spacial score (nSPS) is 12.2. The molecule has 0 bridgehead atoms. The number of benzene rings is 2. The Balaban J connectivity index is 1.98. The second kappa shape index (κ2) is 8.92. The number of nitrogens with zero attached hydrogens (tertiary/aromatic N) is 1. The first-order chi connectivity index (χ1) is 11.5. The summed E-state index contributed by atoms with van der Waals surface area (Å²) in [5, 5.41) is 13.3. The van der Waals surface area contributed by atoms with E-state index in [2.05, 4.69) is 17.1 Å². The highest BCUT2D eigenvalue weighted by Gasteiger charge is 2.09. The number of nitrogens with one attached hydrogen (secondary N) is 1. The topological polar surface area (TPSA) is 44.7 Å². The highest BCUT2D eigenvalue weighted by molar-refractivity contribution is 6.33. The Labute approximate surface area is 149 Å². The predicted octanol–water partition coefficient (Wildman–Crippen LogP) is 3.95. The Kier molecular flexibility index (Phi) is 6.91. The van der Waals surface area contributed by atoms with E-state index in [1.54, 1.807) is 6.07 Å². The molecule has 1 atom stereocenters. The van der Waals surface area contributed by atoms with Crippen LogP contribution < -0.4 is 10.1 Å². The van der Waals surface area contributed by atoms with Gasteiger partial charge in [0.25, 0.3) is 0 Å². The highest BCUT2D eigenvalue weighted by Crippen LogP contribution is 2.28. The van der Waals surface area contributed by atoms with Crippen LogP contribution in [0.5, 0.6) is 5.75 Å². The van der Waals surface area contributed by atoms with Gasteiger partial charge in [0.2, 0.25) is 0 Å². The third kappa shape index (κ3) is 5.41. The lowest BCUT2D eigenvalue weighted by molar-refractivity contribution is 0.261. The second-order valence-electron chi connectivity index (χ2n) is 6.06. The number of likely N-dealkylation sites (N-methyl/N-ethyl adjacent to an activating group) is 1. The number of aliphatic hydroxyl groups excluding tert-OH is 1. The van der Waals surface area contributed by atoms with Gasteiger partial charge in [-0.15, -0.1) is 0 Å². The van der Waals surface area contributed by atoms with Gasteiger partial charge in [0.05, 0.1) is 17.3 Å². The molecule has 2 aromatic rings. The standard InChI is InChI=1S/C19H25ClN2O2/c1-14(21-19-12-15(13-23)4-9-18(19)20)16-5-7-17(8-6-16)24-11-10-22(2)3/h4-9,12,14,21,23H,10-11,13H2,1-3H3. The molecule has 0 saturated heterocycles. The first kappa shape index (κ1) is 18.6. The van der Waals surface area contributed by atoms with Crippen LogP contribution in [0.4, 0.5) is 5.69 Å². The molecule has 0 saturated carbocycles. The van der Waals surface area contributed by atoms with Crippen LogP contribution in [-0.2, 0) is 6.61 Å². The Bertz CT molecular complexity index is 644. The van der Waals surface area contributed by atoms with E-state index in [-0.39, 0.29) is 12.6 Å². The molecule has 0 heterocycles. The van der Waals surface area contributed by atoms with Crippen molar-refractivity contribution >= 4 is 17.3 Å². The minimum atomic E-state index is -0.000780. The smallest absolute Gasteiger partial charge is 0.119 e. The maximum atomic E-state index is 9.25. The molecule has 0 aromatic heterocycles. The molecule has 2 rings (SSSR count). The van der Waals surface area contributed by atoms with Crippen LogP contribution in [0.25, 0.3) is 0 Å². The molecule has 2 N–H and O–H groups in total. The van der Waals surface area contributed by atoms with E-state index < -0.39 is 0 Å². The van der Waals surface area contributed by atoms with E-state index in [1.807, 2.05) is 50.5 Å². The molecule has 0 spiro atoms. The molecule has 2 aromatic carbocycles. The molecule has 0 aliphatic carbocycles. The third-order valence-electron chi connectivity index (χ3n) is 3.77. The molecule has 0 amide bonds. The Morgan fingerprint density at radius 1 is 1.17 bits per heavy atom. The van der Waals surface area contributed by atoms with Gasteiger partial charge in [0, 0.05) is 12.6 Å². The molecule has 0 radical (unpaired) electrons. The molecular formula is C19H25ClN2O2. The van der Waals surface area contributed by atoms with Crippen LogP contribution >= 0.6 is 11.6 Å².